The normalized spacial score (nSPS) is 19.9. The van der Waals surface area contributed by atoms with Gasteiger partial charge in [0.2, 0.25) is 0 Å². The van der Waals surface area contributed by atoms with Gasteiger partial charge in [0.05, 0.1) is 0 Å². The Kier molecular flexibility index (Phi) is 4.44. The van der Waals surface area contributed by atoms with Gasteiger partial charge in [-0.05, 0) is 38.6 Å². The number of piperidine rings is 1. The number of thiocarbonyl (C=S) groups is 1. The van der Waals surface area contributed by atoms with Crippen LogP contribution < -0.4 is 11.1 Å². The molecule has 1 atom stereocenters. The molecule has 0 bridgehead atoms. The van der Waals surface area contributed by atoms with Gasteiger partial charge >= 0.3 is 0 Å². The van der Waals surface area contributed by atoms with E-state index in [0.717, 1.165) is 25.9 Å². The minimum absolute atomic E-state index is 0.144. The number of nitrogens with zero attached hydrogens (tertiary/aromatic N) is 2. The van der Waals surface area contributed by atoms with Crippen LogP contribution in [-0.2, 0) is 0 Å². The van der Waals surface area contributed by atoms with E-state index in [9.17, 15) is 4.79 Å². The Bertz CT molecular complexity index is 474. The van der Waals surface area contributed by atoms with E-state index in [1.807, 2.05) is 0 Å². The number of aromatic nitrogens is 1. The third-order valence-electron chi connectivity index (χ3n) is 3.24. The highest BCUT2D eigenvalue weighted by atomic mass is 32.1. The highest BCUT2D eigenvalue weighted by molar-refractivity contribution is 7.80. The fourth-order valence-electron chi connectivity index (χ4n) is 2.22. The van der Waals surface area contributed by atoms with E-state index >= 15 is 0 Å². The Morgan fingerprint density at radius 3 is 2.95 bits per heavy atom. The third kappa shape index (κ3) is 3.71. The third-order valence-corrected chi connectivity index (χ3v) is 3.48. The quantitative estimate of drug-likeness (QED) is 0.790. The van der Waals surface area contributed by atoms with Crippen LogP contribution in [-0.4, -0.2) is 47.0 Å². The molecule has 0 aromatic carbocycles. The van der Waals surface area contributed by atoms with Crippen LogP contribution in [0.4, 0.5) is 0 Å². The molecule has 102 valence electrons. The van der Waals surface area contributed by atoms with E-state index in [2.05, 4.69) is 22.2 Å². The number of likely N-dealkylation sites (N-methyl/N-ethyl adjacent to an activating group) is 1. The number of carbonyl (C=O) groups excluding carboxylic acids is 1. The molecule has 2 rings (SSSR count). The summed E-state index contributed by atoms with van der Waals surface area (Å²) in [5.74, 6) is -0.144. The Hall–Kier alpha value is -1.53. The van der Waals surface area contributed by atoms with Crippen molar-refractivity contribution in [2.75, 3.05) is 20.1 Å². The molecule has 0 radical (unpaired) electrons. The topological polar surface area (TPSA) is 71.2 Å². The molecule has 5 nitrogen and oxygen atoms in total. The molecule has 0 saturated carbocycles. The van der Waals surface area contributed by atoms with Crippen molar-refractivity contribution in [1.29, 1.82) is 0 Å². The van der Waals surface area contributed by atoms with Gasteiger partial charge in [0.1, 0.15) is 10.7 Å². The Balaban J connectivity index is 1.97. The van der Waals surface area contributed by atoms with E-state index in [-0.39, 0.29) is 16.9 Å². The first-order valence-electron chi connectivity index (χ1n) is 6.31. The average molecular weight is 278 g/mol. The summed E-state index contributed by atoms with van der Waals surface area (Å²) < 4.78 is 0. The zero-order valence-corrected chi connectivity index (χ0v) is 11.7. The van der Waals surface area contributed by atoms with E-state index in [4.69, 9.17) is 18.0 Å². The predicted octanol–water partition coefficient (Wildman–Crippen LogP) is 0.540. The van der Waals surface area contributed by atoms with Crippen LogP contribution in [0.2, 0.25) is 0 Å². The van der Waals surface area contributed by atoms with Crippen molar-refractivity contribution >= 4 is 23.1 Å². The minimum atomic E-state index is -0.144. The highest BCUT2D eigenvalue weighted by Crippen LogP contribution is 2.09. The number of pyridine rings is 1. The molecular weight excluding hydrogens is 260 g/mol. The van der Waals surface area contributed by atoms with Crippen molar-refractivity contribution in [2.45, 2.75) is 18.9 Å². The SMILES string of the molecule is CN1CCCC(NC(=O)c2ccc(C(N)=S)cn2)C1. The molecule has 1 aromatic heterocycles. The van der Waals surface area contributed by atoms with Crippen molar-refractivity contribution in [1.82, 2.24) is 15.2 Å². The summed E-state index contributed by atoms with van der Waals surface area (Å²) in [6, 6.07) is 3.57. The van der Waals surface area contributed by atoms with Crippen LogP contribution in [0.25, 0.3) is 0 Å². The average Bonchev–Trinajstić information content (AvgIpc) is 2.39. The zero-order valence-electron chi connectivity index (χ0n) is 10.9. The number of carbonyl (C=O) groups is 1. The summed E-state index contributed by atoms with van der Waals surface area (Å²) in [7, 11) is 2.06. The maximum Gasteiger partial charge on any atom is 0.270 e. The Labute approximate surface area is 118 Å². The lowest BCUT2D eigenvalue weighted by atomic mass is 10.1. The summed E-state index contributed by atoms with van der Waals surface area (Å²) >= 11 is 4.85. The van der Waals surface area contributed by atoms with Crippen molar-refractivity contribution in [3.05, 3.63) is 29.6 Å². The number of nitrogens with two attached hydrogens (primary N) is 1. The molecule has 6 heteroatoms. The van der Waals surface area contributed by atoms with Gasteiger partial charge in [-0.25, -0.2) is 0 Å². The van der Waals surface area contributed by atoms with Crippen LogP contribution in [0.5, 0.6) is 0 Å². The molecule has 1 aliphatic heterocycles. The number of rotatable bonds is 3. The van der Waals surface area contributed by atoms with Crippen molar-refractivity contribution in [3.63, 3.8) is 0 Å². The van der Waals surface area contributed by atoms with Crippen LogP contribution in [0.1, 0.15) is 28.9 Å². The monoisotopic (exact) mass is 278 g/mol. The molecule has 1 amide bonds. The summed E-state index contributed by atoms with van der Waals surface area (Å²) in [6.07, 6.45) is 3.65. The van der Waals surface area contributed by atoms with Gasteiger partial charge in [-0.15, -0.1) is 0 Å². The molecule has 1 unspecified atom stereocenters. The molecule has 19 heavy (non-hydrogen) atoms. The van der Waals surface area contributed by atoms with Gasteiger partial charge in [0, 0.05) is 24.3 Å². The van der Waals surface area contributed by atoms with E-state index in [0.29, 0.717) is 11.3 Å². The van der Waals surface area contributed by atoms with Gasteiger partial charge in [0.15, 0.2) is 0 Å². The summed E-state index contributed by atoms with van der Waals surface area (Å²) in [4.78, 5) is 18.6. The van der Waals surface area contributed by atoms with E-state index < -0.39 is 0 Å². The lowest BCUT2D eigenvalue weighted by Gasteiger charge is -2.30. The minimum Gasteiger partial charge on any atom is -0.389 e. The summed E-state index contributed by atoms with van der Waals surface area (Å²) in [5.41, 5.74) is 6.56. The molecule has 2 heterocycles. The molecule has 3 N–H and O–H groups in total. The van der Waals surface area contributed by atoms with E-state index in [1.54, 1.807) is 12.1 Å². The van der Waals surface area contributed by atoms with Crippen molar-refractivity contribution in [2.24, 2.45) is 5.73 Å². The molecular formula is C13H18N4OS. The number of amides is 1. The first kappa shape index (κ1) is 13.9. The lowest BCUT2D eigenvalue weighted by Crippen LogP contribution is -2.46. The van der Waals surface area contributed by atoms with Crippen LogP contribution in [0.3, 0.4) is 0 Å². The Morgan fingerprint density at radius 2 is 2.37 bits per heavy atom. The van der Waals surface area contributed by atoms with Gasteiger partial charge in [0.25, 0.3) is 5.91 Å². The molecule has 1 fully saturated rings. The largest absolute Gasteiger partial charge is 0.389 e. The van der Waals surface area contributed by atoms with Gasteiger partial charge in [-0.3, -0.25) is 9.78 Å². The molecule has 0 spiro atoms. The highest BCUT2D eigenvalue weighted by Gasteiger charge is 2.19. The number of nitrogens with one attached hydrogen (secondary N) is 1. The maximum atomic E-state index is 12.0. The van der Waals surface area contributed by atoms with E-state index in [1.165, 1.54) is 6.20 Å². The standard InChI is InChI=1S/C13H18N4OS/c1-17-6-2-3-10(8-17)16-13(18)11-5-4-9(7-15-11)12(14)19/h4-5,7,10H,2-3,6,8H2,1H3,(H2,14,19)(H,16,18). The first-order chi connectivity index (χ1) is 9.06. The molecule has 0 aliphatic carbocycles. The number of hydrogen-bond donors (Lipinski definition) is 2. The van der Waals surface area contributed by atoms with Gasteiger partial charge in [-0.1, -0.05) is 12.2 Å². The smallest absolute Gasteiger partial charge is 0.270 e. The zero-order chi connectivity index (χ0) is 13.8. The molecule has 1 saturated heterocycles. The lowest BCUT2D eigenvalue weighted by molar-refractivity contribution is 0.0907. The van der Waals surface area contributed by atoms with Crippen LogP contribution >= 0.6 is 12.2 Å². The second kappa shape index (κ2) is 6.08. The van der Waals surface area contributed by atoms with Crippen molar-refractivity contribution < 1.29 is 4.79 Å². The second-order valence-electron chi connectivity index (χ2n) is 4.87. The molecule has 1 aliphatic rings. The fourth-order valence-corrected chi connectivity index (χ4v) is 2.34. The molecule has 1 aromatic rings. The van der Waals surface area contributed by atoms with Gasteiger partial charge < -0.3 is 16.0 Å². The predicted molar refractivity (Wildman–Crippen MR) is 78.1 cm³/mol. The number of likely N-dealkylation sites (tertiary alicyclic amines) is 1. The Morgan fingerprint density at radius 1 is 1.58 bits per heavy atom. The summed E-state index contributed by atoms with van der Waals surface area (Å²) in [5, 5.41) is 3.01. The maximum absolute atomic E-state index is 12.0. The van der Waals surface area contributed by atoms with Crippen LogP contribution in [0, 0.1) is 0 Å². The fraction of sp³-hybridized carbons (Fsp3) is 0.462. The van der Waals surface area contributed by atoms with Crippen molar-refractivity contribution in [3.8, 4) is 0 Å². The second-order valence-corrected chi connectivity index (χ2v) is 5.31. The summed E-state index contributed by atoms with van der Waals surface area (Å²) in [6.45, 7) is 1.98. The van der Waals surface area contributed by atoms with Crippen LogP contribution in [0.15, 0.2) is 18.3 Å². The number of hydrogen-bond acceptors (Lipinski definition) is 4. The van der Waals surface area contributed by atoms with Gasteiger partial charge in [-0.2, -0.15) is 0 Å². The first-order valence-corrected chi connectivity index (χ1v) is 6.72.